The molecule has 1 saturated heterocycles. The van der Waals surface area contributed by atoms with E-state index in [1.165, 1.54) is 22.5 Å². The van der Waals surface area contributed by atoms with Crippen LogP contribution in [0.5, 0.6) is 5.75 Å². The van der Waals surface area contributed by atoms with Gasteiger partial charge in [-0.2, -0.15) is 4.31 Å². The second kappa shape index (κ2) is 9.58. The van der Waals surface area contributed by atoms with Crippen LogP contribution >= 0.6 is 11.6 Å². The van der Waals surface area contributed by atoms with Crippen molar-refractivity contribution in [2.75, 3.05) is 40.0 Å². The molecule has 9 heteroatoms. The van der Waals surface area contributed by atoms with E-state index in [-0.39, 0.29) is 35.2 Å². The zero-order valence-electron chi connectivity index (χ0n) is 16.0. The van der Waals surface area contributed by atoms with Crippen LogP contribution in [0.25, 0.3) is 0 Å². The molecule has 2 aromatic carbocycles. The Hall–Kier alpha value is -2.13. The fourth-order valence-corrected chi connectivity index (χ4v) is 4.52. The van der Waals surface area contributed by atoms with Gasteiger partial charge in [0, 0.05) is 19.5 Å². The van der Waals surface area contributed by atoms with E-state index < -0.39 is 16.0 Å². The van der Waals surface area contributed by atoms with Gasteiger partial charge in [0.05, 0.1) is 42.4 Å². The van der Waals surface area contributed by atoms with Crippen LogP contribution in [-0.4, -0.2) is 58.7 Å². The Balaban J connectivity index is 1.67. The normalized spacial score (nSPS) is 15.1. The second-order valence-corrected chi connectivity index (χ2v) is 8.74. The largest absolute Gasteiger partial charge is 0.497 e. The van der Waals surface area contributed by atoms with E-state index in [9.17, 15) is 13.2 Å². The highest BCUT2D eigenvalue weighted by molar-refractivity contribution is 7.89. The van der Waals surface area contributed by atoms with E-state index >= 15 is 0 Å². The second-order valence-electron chi connectivity index (χ2n) is 6.39. The van der Waals surface area contributed by atoms with Gasteiger partial charge in [0.25, 0.3) is 0 Å². The summed E-state index contributed by atoms with van der Waals surface area (Å²) >= 11 is 6.11. The molecule has 1 aliphatic rings. The topological polar surface area (TPSA) is 82.1 Å². The Labute approximate surface area is 175 Å². The lowest BCUT2D eigenvalue weighted by Crippen LogP contribution is -2.40. The third-order valence-electron chi connectivity index (χ3n) is 4.55. The maximum Gasteiger partial charge on any atom is 0.339 e. The molecule has 0 amide bonds. The average molecular weight is 440 g/mol. The van der Waals surface area contributed by atoms with E-state index in [0.29, 0.717) is 19.6 Å². The minimum Gasteiger partial charge on any atom is -0.497 e. The van der Waals surface area contributed by atoms with Crippen molar-refractivity contribution >= 4 is 27.6 Å². The molecule has 7 nitrogen and oxygen atoms in total. The Morgan fingerprint density at radius 1 is 1.14 bits per heavy atom. The first-order valence-electron chi connectivity index (χ1n) is 9.09. The van der Waals surface area contributed by atoms with Crippen LogP contribution < -0.4 is 4.74 Å². The highest BCUT2D eigenvalue weighted by Crippen LogP contribution is 2.24. The van der Waals surface area contributed by atoms with E-state index in [0.717, 1.165) is 11.3 Å². The summed E-state index contributed by atoms with van der Waals surface area (Å²) in [4.78, 5) is 12.5. The van der Waals surface area contributed by atoms with Gasteiger partial charge in [-0.3, -0.25) is 0 Å². The standard InChI is InChI=1S/C20H22ClNO6S/c1-26-16-4-2-15(3-5-16)8-11-28-20(23)18-14-17(6-7-19(18)21)29(24,25)22-9-12-27-13-10-22/h2-7,14H,8-13H2,1H3. The molecule has 2 aromatic rings. The SMILES string of the molecule is COc1ccc(CCOC(=O)c2cc(S(=O)(=O)N3CCOCC3)ccc2Cl)cc1. The fourth-order valence-electron chi connectivity index (χ4n) is 2.89. The number of ether oxygens (including phenoxy) is 3. The highest BCUT2D eigenvalue weighted by atomic mass is 35.5. The number of halogens is 1. The van der Waals surface area contributed by atoms with E-state index in [4.69, 9.17) is 25.8 Å². The summed E-state index contributed by atoms with van der Waals surface area (Å²) < 4.78 is 42.5. The van der Waals surface area contributed by atoms with Crippen LogP contribution in [0.4, 0.5) is 0 Å². The summed E-state index contributed by atoms with van der Waals surface area (Å²) in [6.45, 7) is 1.36. The van der Waals surface area contributed by atoms with E-state index in [2.05, 4.69) is 0 Å². The predicted octanol–water partition coefficient (Wildman–Crippen LogP) is 2.77. The van der Waals surface area contributed by atoms with Gasteiger partial charge < -0.3 is 14.2 Å². The van der Waals surface area contributed by atoms with E-state index in [1.54, 1.807) is 7.11 Å². The number of morpholine rings is 1. The molecule has 0 saturated carbocycles. The van der Waals surface area contributed by atoms with Crippen LogP contribution in [0.15, 0.2) is 47.4 Å². The number of hydrogen-bond donors (Lipinski definition) is 0. The molecule has 1 aliphatic heterocycles. The fraction of sp³-hybridized carbons (Fsp3) is 0.350. The number of sulfonamides is 1. The molecule has 0 radical (unpaired) electrons. The van der Waals surface area contributed by atoms with Crippen LogP contribution in [0.1, 0.15) is 15.9 Å². The zero-order valence-corrected chi connectivity index (χ0v) is 17.5. The van der Waals surface area contributed by atoms with Crippen LogP contribution in [0.2, 0.25) is 5.02 Å². The van der Waals surface area contributed by atoms with Crippen molar-refractivity contribution in [2.45, 2.75) is 11.3 Å². The van der Waals surface area contributed by atoms with Gasteiger partial charge in [-0.25, -0.2) is 13.2 Å². The van der Waals surface area contributed by atoms with Crippen molar-refractivity contribution in [1.82, 2.24) is 4.31 Å². The minimum absolute atomic E-state index is 0.00547. The van der Waals surface area contributed by atoms with Crippen LogP contribution in [0, 0.1) is 0 Å². The summed E-state index contributed by atoms with van der Waals surface area (Å²) in [5.74, 6) is 0.0818. The maximum absolute atomic E-state index is 12.8. The molecule has 29 heavy (non-hydrogen) atoms. The van der Waals surface area contributed by atoms with Crippen molar-refractivity contribution in [3.63, 3.8) is 0 Å². The van der Waals surface area contributed by atoms with Crippen LogP contribution in [0.3, 0.4) is 0 Å². The molecule has 0 aliphatic carbocycles. The summed E-state index contributed by atoms with van der Waals surface area (Å²) in [5, 5.41) is 0.139. The lowest BCUT2D eigenvalue weighted by molar-refractivity contribution is 0.0509. The zero-order chi connectivity index (χ0) is 20.9. The van der Waals surface area contributed by atoms with Gasteiger partial charge in [0.1, 0.15) is 5.75 Å². The molecule has 0 spiro atoms. The number of carbonyl (C=O) groups is 1. The Kier molecular flexibility index (Phi) is 7.13. The third-order valence-corrected chi connectivity index (χ3v) is 6.77. The van der Waals surface area contributed by atoms with Crippen molar-refractivity contribution < 1.29 is 27.4 Å². The van der Waals surface area contributed by atoms with Crippen LogP contribution in [-0.2, 0) is 25.9 Å². The number of carbonyl (C=O) groups excluding carboxylic acids is 1. The molecule has 1 heterocycles. The molecular formula is C20H22ClNO6S. The Morgan fingerprint density at radius 2 is 1.83 bits per heavy atom. The summed E-state index contributed by atoms with van der Waals surface area (Å²) in [5.41, 5.74) is 1.00. The van der Waals surface area contributed by atoms with Gasteiger partial charge in [0.15, 0.2) is 0 Å². The predicted molar refractivity (Wildman–Crippen MR) is 108 cm³/mol. The van der Waals surface area contributed by atoms with E-state index in [1.807, 2.05) is 24.3 Å². The van der Waals surface area contributed by atoms with Crippen molar-refractivity contribution in [2.24, 2.45) is 0 Å². The van der Waals surface area contributed by atoms with Gasteiger partial charge >= 0.3 is 5.97 Å². The van der Waals surface area contributed by atoms with Gasteiger partial charge in [-0.15, -0.1) is 0 Å². The molecule has 3 rings (SSSR count). The smallest absolute Gasteiger partial charge is 0.339 e. The minimum atomic E-state index is -3.73. The maximum atomic E-state index is 12.8. The summed E-state index contributed by atoms with van der Waals surface area (Å²) in [6, 6.07) is 11.5. The Morgan fingerprint density at radius 3 is 2.48 bits per heavy atom. The lowest BCUT2D eigenvalue weighted by Gasteiger charge is -2.26. The first kappa shape index (κ1) is 21.6. The summed E-state index contributed by atoms with van der Waals surface area (Å²) in [6.07, 6.45) is 0.513. The number of esters is 1. The number of rotatable bonds is 7. The van der Waals surface area contributed by atoms with Gasteiger partial charge in [-0.05, 0) is 35.9 Å². The highest BCUT2D eigenvalue weighted by Gasteiger charge is 2.27. The molecule has 1 fully saturated rings. The first-order valence-corrected chi connectivity index (χ1v) is 10.9. The number of methoxy groups -OCH3 is 1. The molecule has 0 bridgehead atoms. The lowest BCUT2D eigenvalue weighted by atomic mass is 10.1. The number of hydrogen-bond acceptors (Lipinski definition) is 6. The van der Waals surface area contributed by atoms with Crippen molar-refractivity contribution in [3.05, 3.63) is 58.6 Å². The number of nitrogens with zero attached hydrogens (tertiary/aromatic N) is 1. The molecule has 0 unspecified atom stereocenters. The Bertz CT molecular complexity index is 955. The number of benzene rings is 2. The first-order chi connectivity index (χ1) is 13.9. The average Bonchev–Trinajstić information content (AvgIpc) is 2.75. The summed E-state index contributed by atoms with van der Waals surface area (Å²) in [7, 11) is -2.14. The molecular weight excluding hydrogens is 418 g/mol. The van der Waals surface area contributed by atoms with Gasteiger partial charge in [0.2, 0.25) is 10.0 Å². The molecule has 0 atom stereocenters. The van der Waals surface area contributed by atoms with Crippen molar-refractivity contribution in [1.29, 1.82) is 0 Å². The quantitative estimate of drug-likeness (QED) is 0.617. The molecule has 0 aromatic heterocycles. The molecule has 0 N–H and O–H groups in total. The monoisotopic (exact) mass is 439 g/mol. The van der Waals surface area contributed by atoms with Crippen molar-refractivity contribution in [3.8, 4) is 5.75 Å². The molecule has 156 valence electrons. The van der Waals surface area contributed by atoms with Gasteiger partial charge in [-0.1, -0.05) is 23.7 Å². The third kappa shape index (κ3) is 5.27.